The molecule has 0 atom stereocenters. The fourth-order valence-electron chi connectivity index (χ4n) is 2.70. The van der Waals surface area contributed by atoms with Crippen molar-refractivity contribution in [2.75, 3.05) is 12.3 Å². The predicted octanol–water partition coefficient (Wildman–Crippen LogP) is 3.97. The number of hydrogen-bond donors (Lipinski definition) is 1. The molecule has 2 N–H and O–H groups in total. The second kappa shape index (κ2) is 6.58. The number of aliphatic imine (C=N–C) groups is 1. The van der Waals surface area contributed by atoms with Crippen LogP contribution in [-0.4, -0.2) is 12.8 Å². The van der Waals surface area contributed by atoms with E-state index < -0.39 is 0 Å². The van der Waals surface area contributed by atoms with E-state index in [1.807, 2.05) is 18.3 Å². The molecule has 0 spiro atoms. The van der Waals surface area contributed by atoms with Crippen molar-refractivity contribution >= 4 is 11.9 Å². The molecular weight excluding hydrogens is 220 g/mol. The fraction of sp³-hybridized carbons (Fsp3) is 0.562. The average Bonchev–Trinajstić information content (AvgIpc) is 2.40. The van der Waals surface area contributed by atoms with Crippen molar-refractivity contribution in [3.8, 4) is 0 Å². The second-order valence-corrected chi connectivity index (χ2v) is 5.46. The van der Waals surface area contributed by atoms with Crippen LogP contribution < -0.4 is 5.73 Å². The van der Waals surface area contributed by atoms with Gasteiger partial charge in [0.1, 0.15) is 0 Å². The summed E-state index contributed by atoms with van der Waals surface area (Å²) in [6, 6.07) is 6.09. The first kappa shape index (κ1) is 13.1. The summed E-state index contributed by atoms with van der Waals surface area (Å²) in [5, 5.41) is 0. The number of aryl methyl sites for hydroxylation is 1. The van der Waals surface area contributed by atoms with Crippen LogP contribution in [0.25, 0.3) is 0 Å². The van der Waals surface area contributed by atoms with E-state index in [9.17, 15) is 0 Å². The summed E-state index contributed by atoms with van der Waals surface area (Å²) in [5.41, 5.74) is 9.03. The lowest BCUT2D eigenvalue weighted by Gasteiger charge is -2.20. The summed E-state index contributed by atoms with van der Waals surface area (Å²) in [6.07, 6.45) is 10.2. The third kappa shape index (κ3) is 3.86. The van der Waals surface area contributed by atoms with Gasteiger partial charge in [-0.05, 0) is 31.4 Å². The number of nitrogens with two attached hydrogens (primary N) is 1. The number of hydrogen-bond acceptors (Lipinski definition) is 2. The third-order valence-electron chi connectivity index (χ3n) is 3.86. The van der Waals surface area contributed by atoms with Crippen molar-refractivity contribution in [2.24, 2.45) is 10.9 Å². The first-order valence-corrected chi connectivity index (χ1v) is 7.11. The van der Waals surface area contributed by atoms with Crippen LogP contribution >= 0.6 is 0 Å². The Morgan fingerprint density at radius 3 is 2.83 bits per heavy atom. The van der Waals surface area contributed by atoms with E-state index in [1.165, 1.54) is 44.1 Å². The summed E-state index contributed by atoms with van der Waals surface area (Å²) < 4.78 is 0. The predicted molar refractivity (Wildman–Crippen MR) is 79.2 cm³/mol. The Morgan fingerprint density at radius 1 is 1.28 bits per heavy atom. The van der Waals surface area contributed by atoms with Crippen molar-refractivity contribution in [3.05, 3.63) is 29.3 Å². The number of benzene rings is 1. The van der Waals surface area contributed by atoms with Gasteiger partial charge in [-0.1, -0.05) is 43.7 Å². The number of nitrogens with zero attached hydrogens (tertiary/aromatic N) is 1. The van der Waals surface area contributed by atoms with Gasteiger partial charge < -0.3 is 5.73 Å². The molecule has 1 fully saturated rings. The van der Waals surface area contributed by atoms with Gasteiger partial charge in [0, 0.05) is 24.0 Å². The van der Waals surface area contributed by atoms with Crippen LogP contribution in [0, 0.1) is 12.8 Å². The topological polar surface area (TPSA) is 38.4 Å². The van der Waals surface area contributed by atoms with E-state index in [0.717, 1.165) is 23.7 Å². The molecule has 1 aliphatic carbocycles. The van der Waals surface area contributed by atoms with Gasteiger partial charge in [-0.25, -0.2) is 0 Å². The van der Waals surface area contributed by atoms with Crippen molar-refractivity contribution in [2.45, 2.75) is 45.4 Å². The highest BCUT2D eigenvalue weighted by atomic mass is 14.7. The van der Waals surface area contributed by atoms with E-state index in [-0.39, 0.29) is 0 Å². The summed E-state index contributed by atoms with van der Waals surface area (Å²) in [4.78, 5) is 4.53. The zero-order valence-electron chi connectivity index (χ0n) is 11.4. The highest BCUT2D eigenvalue weighted by Gasteiger charge is 2.12. The maximum atomic E-state index is 5.92. The zero-order chi connectivity index (χ0) is 12.8. The van der Waals surface area contributed by atoms with Crippen LogP contribution in [0.15, 0.2) is 23.2 Å². The van der Waals surface area contributed by atoms with Gasteiger partial charge >= 0.3 is 0 Å². The molecule has 0 amide bonds. The number of rotatable bonds is 4. The molecule has 2 rings (SSSR count). The first-order valence-electron chi connectivity index (χ1n) is 7.11. The molecule has 0 bridgehead atoms. The van der Waals surface area contributed by atoms with Gasteiger partial charge in [0.2, 0.25) is 0 Å². The number of nitrogen functional groups attached to an aromatic ring is 1. The second-order valence-electron chi connectivity index (χ2n) is 5.46. The third-order valence-corrected chi connectivity index (χ3v) is 3.86. The molecular formula is C16H24N2. The van der Waals surface area contributed by atoms with Crippen molar-refractivity contribution in [1.82, 2.24) is 0 Å². The molecule has 1 aromatic carbocycles. The molecule has 98 valence electrons. The number of anilines is 1. The largest absolute Gasteiger partial charge is 0.398 e. The summed E-state index contributed by atoms with van der Waals surface area (Å²) in [6.45, 7) is 3.02. The van der Waals surface area contributed by atoms with E-state index >= 15 is 0 Å². The Morgan fingerprint density at radius 2 is 2.06 bits per heavy atom. The van der Waals surface area contributed by atoms with Crippen LogP contribution in [0.2, 0.25) is 0 Å². The van der Waals surface area contributed by atoms with Gasteiger partial charge in [-0.15, -0.1) is 0 Å². The molecule has 18 heavy (non-hydrogen) atoms. The van der Waals surface area contributed by atoms with Crippen LogP contribution in [-0.2, 0) is 0 Å². The maximum absolute atomic E-state index is 5.92. The molecule has 2 heteroatoms. The van der Waals surface area contributed by atoms with Crippen molar-refractivity contribution < 1.29 is 0 Å². The molecule has 0 radical (unpaired) electrons. The smallest absolute Gasteiger partial charge is 0.0403 e. The van der Waals surface area contributed by atoms with Gasteiger partial charge in [-0.2, -0.15) is 0 Å². The van der Waals surface area contributed by atoms with Crippen molar-refractivity contribution in [1.29, 1.82) is 0 Å². The van der Waals surface area contributed by atoms with Gasteiger partial charge in [0.15, 0.2) is 0 Å². The molecule has 1 aromatic rings. The van der Waals surface area contributed by atoms with Crippen molar-refractivity contribution in [3.63, 3.8) is 0 Å². The average molecular weight is 244 g/mol. The minimum Gasteiger partial charge on any atom is -0.398 e. The van der Waals surface area contributed by atoms with Crippen LogP contribution in [0.4, 0.5) is 5.69 Å². The molecule has 0 saturated heterocycles. The zero-order valence-corrected chi connectivity index (χ0v) is 11.4. The van der Waals surface area contributed by atoms with Crippen LogP contribution in [0.1, 0.15) is 49.7 Å². The van der Waals surface area contributed by atoms with E-state index in [2.05, 4.69) is 18.0 Å². The Labute approximate surface area is 110 Å². The quantitative estimate of drug-likeness (QED) is 0.631. The lowest BCUT2D eigenvalue weighted by atomic mass is 9.87. The SMILES string of the molecule is Cc1ccc(N)c(/C=N\CCC2CCCCC2)c1. The monoisotopic (exact) mass is 244 g/mol. The fourth-order valence-corrected chi connectivity index (χ4v) is 2.70. The van der Waals surface area contributed by atoms with E-state index in [4.69, 9.17) is 5.73 Å². The Kier molecular flexibility index (Phi) is 4.80. The van der Waals surface area contributed by atoms with E-state index in [1.54, 1.807) is 0 Å². The molecule has 1 aliphatic rings. The minimum absolute atomic E-state index is 0.821. The van der Waals surface area contributed by atoms with Crippen LogP contribution in [0.3, 0.4) is 0 Å². The minimum atomic E-state index is 0.821. The molecule has 1 saturated carbocycles. The normalized spacial score (nSPS) is 17.4. The van der Waals surface area contributed by atoms with Gasteiger partial charge in [0.05, 0.1) is 0 Å². The standard InChI is InChI=1S/C16H24N2/c1-13-7-8-16(17)15(11-13)12-18-10-9-14-5-3-2-4-6-14/h7-8,11-12,14H,2-6,9-10,17H2,1H3/b18-12-. The summed E-state index contributed by atoms with van der Waals surface area (Å²) in [5.74, 6) is 0.908. The Bertz CT molecular complexity index is 404. The summed E-state index contributed by atoms with van der Waals surface area (Å²) >= 11 is 0. The highest BCUT2D eigenvalue weighted by molar-refractivity contribution is 5.87. The molecule has 0 unspecified atom stereocenters. The van der Waals surface area contributed by atoms with E-state index in [0.29, 0.717) is 0 Å². The van der Waals surface area contributed by atoms with Crippen LogP contribution in [0.5, 0.6) is 0 Å². The molecule has 0 heterocycles. The Balaban J connectivity index is 1.81. The summed E-state index contributed by atoms with van der Waals surface area (Å²) in [7, 11) is 0. The van der Waals surface area contributed by atoms with Gasteiger partial charge in [-0.3, -0.25) is 4.99 Å². The lowest BCUT2D eigenvalue weighted by Crippen LogP contribution is -2.07. The highest BCUT2D eigenvalue weighted by Crippen LogP contribution is 2.26. The lowest BCUT2D eigenvalue weighted by molar-refractivity contribution is 0.343. The molecule has 0 aromatic heterocycles. The first-order chi connectivity index (χ1) is 8.75. The molecule has 2 nitrogen and oxygen atoms in total. The maximum Gasteiger partial charge on any atom is 0.0403 e. The molecule has 0 aliphatic heterocycles. The van der Waals surface area contributed by atoms with Gasteiger partial charge in [0.25, 0.3) is 0 Å². The Hall–Kier alpha value is -1.31.